The van der Waals surface area contributed by atoms with Gasteiger partial charge in [-0.05, 0) is 51.3 Å². The van der Waals surface area contributed by atoms with Crippen LogP contribution in [0.3, 0.4) is 0 Å². The fourth-order valence-corrected chi connectivity index (χ4v) is 5.10. The van der Waals surface area contributed by atoms with Gasteiger partial charge in [-0.25, -0.2) is 33.9 Å². The summed E-state index contributed by atoms with van der Waals surface area (Å²) in [6, 6.07) is 4.13. The van der Waals surface area contributed by atoms with E-state index in [2.05, 4.69) is 30.2 Å². The van der Waals surface area contributed by atoms with Crippen molar-refractivity contribution in [2.45, 2.75) is 63.2 Å². The normalized spacial score (nSPS) is 16.1. The Morgan fingerprint density at radius 2 is 1.77 bits per heavy atom. The number of nitrogens with one attached hydrogen (secondary N) is 2. The van der Waals surface area contributed by atoms with Crippen LogP contribution in [-0.2, 0) is 16.3 Å². The molecule has 1 aliphatic rings. The Hall–Kier alpha value is -3.94. The quantitative estimate of drug-likeness (QED) is 0.319. The summed E-state index contributed by atoms with van der Waals surface area (Å²) in [7, 11) is -2.90. The number of hydrogen-bond donors (Lipinski definition) is 2. The van der Waals surface area contributed by atoms with Crippen molar-refractivity contribution in [2.24, 2.45) is 0 Å². The van der Waals surface area contributed by atoms with Gasteiger partial charge in [0.05, 0.1) is 32.4 Å². The molecule has 5 rings (SSSR count). The summed E-state index contributed by atoms with van der Waals surface area (Å²) in [5, 5.41) is 2.84. The van der Waals surface area contributed by atoms with Crippen LogP contribution in [0.15, 0.2) is 40.3 Å². The molecule has 1 aliphatic carbocycles. The maximum Gasteiger partial charge on any atom is 0.409 e. The highest BCUT2D eigenvalue weighted by molar-refractivity contribution is 7.91. The molecule has 3 aromatic heterocycles. The molecule has 0 aliphatic heterocycles. The third-order valence-corrected chi connectivity index (χ3v) is 8.03. The molecule has 0 radical (unpaired) electrons. The molecule has 10 nitrogen and oxygen atoms in total. The van der Waals surface area contributed by atoms with E-state index in [1.54, 1.807) is 26.0 Å². The standard InChI is InChI=1S/C26H27F3N8O2S/c1-13-19(21(17-7-8-17)33-12-32-13)22-34-14(2)20-24(36-22)37(15(3)26(27,28)29)25(38)23(35-20)31-11-16-5-9-18(10-6-16)40(4,30)39/h5-6,9-10,12,15,17,30H,7-8,11H2,1-4H3,(H,31,35)/t15-,40?/m0/s1. The zero-order valence-corrected chi connectivity index (χ0v) is 23.0. The average molecular weight is 573 g/mol. The van der Waals surface area contributed by atoms with Crippen molar-refractivity contribution in [3.63, 3.8) is 0 Å². The Kier molecular flexibility index (Phi) is 6.84. The summed E-state index contributed by atoms with van der Waals surface area (Å²) < 4.78 is 62.3. The van der Waals surface area contributed by atoms with Crippen molar-refractivity contribution < 1.29 is 17.4 Å². The first-order valence-electron chi connectivity index (χ1n) is 12.5. The van der Waals surface area contributed by atoms with E-state index < -0.39 is 27.5 Å². The first-order chi connectivity index (χ1) is 18.8. The number of anilines is 1. The van der Waals surface area contributed by atoms with Gasteiger partial charge in [-0.15, -0.1) is 0 Å². The van der Waals surface area contributed by atoms with E-state index in [0.717, 1.165) is 25.5 Å². The smallest absolute Gasteiger partial charge is 0.361 e. The molecule has 3 heterocycles. The van der Waals surface area contributed by atoms with Gasteiger partial charge in [-0.3, -0.25) is 9.36 Å². The van der Waals surface area contributed by atoms with Gasteiger partial charge in [-0.1, -0.05) is 12.1 Å². The average Bonchev–Trinajstić information content (AvgIpc) is 3.72. The highest BCUT2D eigenvalue weighted by Gasteiger charge is 2.40. The van der Waals surface area contributed by atoms with Crippen LogP contribution in [0.25, 0.3) is 22.6 Å². The number of benzene rings is 1. The molecule has 4 aromatic rings. The molecule has 2 N–H and O–H groups in total. The van der Waals surface area contributed by atoms with E-state index in [1.807, 2.05) is 0 Å². The second-order valence-electron chi connectivity index (χ2n) is 9.99. The van der Waals surface area contributed by atoms with Crippen LogP contribution in [0.5, 0.6) is 0 Å². The minimum atomic E-state index is -4.74. The maximum atomic E-state index is 14.0. The van der Waals surface area contributed by atoms with Crippen molar-refractivity contribution in [3.8, 4) is 11.4 Å². The van der Waals surface area contributed by atoms with E-state index in [1.165, 1.54) is 24.7 Å². The lowest BCUT2D eigenvalue weighted by Gasteiger charge is -2.22. The predicted molar refractivity (Wildman–Crippen MR) is 144 cm³/mol. The Morgan fingerprint density at radius 1 is 1.10 bits per heavy atom. The van der Waals surface area contributed by atoms with Crippen LogP contribution in [0.4, 0.5) is 19.0 Å². The number of aromatic nitrogens is 6. The number of alkyl halides is 3. The van der Waals surface area contributed by atoms with Crippen molar-refractivity contribution >= 4 is 26.7 Å². The van der Waals surface area contributed by atoms with Gasteiger partial charge in [0.1, 0.15) is 17.9 Å². The number of fused-ring (bicyclic) bond motifs is 1. The van der Waals surface area contributed by atoms with Crippen molar-refractivity contribution in [1.29, 1.82) is 4.78 Å². The van der Waals surface area contributed by atoms with Crippen LogP contribution in [0, 0.1) is 18.6 Å². The van der Waals surface area contributed by atoms with E-state index in [4.69, 9.17) is 4.78 Å². The summed E-state index contributed by atoms with van der Waals surface area (Å²) in [6.45, 7) is 4.32. The highest BCUT2D eigenvalue weighted by Crippen LogP contribution is 2.43. The van der Waals surface area contributed by atoms with Crippen molar-refractivity contribution in [3.05, 3.63) is 63.6 Å². The summed E-state index contributed by atoms with van der Waals surface area (Å²) in [6.07, 6.45) is -0.114. The SMILES string of the molecule is Cc1ncnc(C2CC2)c1-c1nc(C)c2nc(NCc3ccc(S(C)(=N)=O)cc3)c(=O)n([C@@H](C)C(F)(F)F)c2n1. The molecule has 1 unspecified atom stereocenters. The van der Waals surface area contributed by atoms with Gasteiger partial charge in [-0.2, -0.15) is 13.2 Å². The van der Waals surface area contributed by atoms with Crippen molar-refractivity contribution in [1.82, 2.24) is 29.5 Å². The van der Waals surface area contributed by atoms with Crippen LogP contribution >= 0.6 is 0 Å². The third-order valence-electron chi connectivity index (χ3n) is 6.86. The summed E-state index contributed by atoms with van der Waals surface area (Å²) in [5.41, 5.74) is 1.69. The molecule has 1 saturated carbocycles. The molecule has 40 heavy (non-hydrogen) atoms. The van der Waals surface area contributed by atoms with E-state index in [9.17, 15) is 22.2 Å². The van der Waals surface area contributed by atoms with Gasteiger partial charge in [0.25, 0.3) is 5.56 Å². The van der Waals surface area contributed by atoms with Gasteiger partial charge in [0.2, 0.25) is 0 Å². The number of hydrogen-bond acceptors (Lipinski definition) is 9. The molecule has 0 saturated heterocycles. The molecule has 0 spiro atoms. The largest absolute Gasteiger partial charge is 0.409 e. The number of halogens is 3. The summed E-state index contributed by atoms with van der Waals surface area (Å²) in [5.74, 6) is 0.0677. The molecule has 1 fully saturated rings. The number of rotatable bonds is 7. The lowest BCUT2D eigenvalue weighted by atomic mass is 10.1. The molecular weight excluding hydrogens is 545 g/mol. The van der Waals surface area contributed by atoms with E-state index >= 15 is 0 Å². The van der Waals surface area contributed by atoms with Gasteiger partial charge in [0, 0.05) is 23.6 Å². The van der Waals surface area contributed by atoms with Crippen LogP contribution in [-0.4, -0.2) is 46.1 Å². The minimum absolute atomic E-state index is 0.0553. The fraction of sp³-hybridized carbons (Fsp3) is 0.385. The summed E-state index contributed by atoms with van der Waals surface area (Å²) in [4.78, 5) is 35.8. The lowest BCUT2D eigenvalue weighted by molar-refractivity contribution is -0.162. The maximum absolute atomic E-state index is 14.0. The molecule has 0 bridgehead atoms. The summed E-state index contributed by atoms with van der Waals surface area (Å²) >= 11 is 0. The topological polar surface area (TPSA) is 139 Å². The minimum Gasteiger partial charge on any atom is -0.361 e. The fourth-order valence-electron chi connectivity index (χ4n) is 4.44. The van der Waals surface area contributed by atoms with Gasteiger partial charge >= 0.3 is 6.18 Å². The second kappa shape index (κ2) is 9.91. The Bertz CT molecular complexity index is 1780. The zero-order valence-electron chi connectivity index (χ0n) is 22.2. The molecule has 14 heteroatoms. The Labute approximate surface area is 228 Å². The Morgan fingerprint density at radius 3 is 2.38 bits per heavy atom. The number of aryl methyl sites for hydroxylation is 2. The van der Waals surface area contributed by atoms with Crippen LogP contribution < -0.4 is 10.9 Å². The first-order valence-corrected chi connectivity index (χ1v) is 14.5. The monoisotopic (exact) mass is 572 g/mol. The van der Waals surface area contributed by atoms with Crippen LogP contribution in [0.1, 0.15) is 54.4 Å². The zero-order chi connectivity index (χ0) is 29.0. The second-order valence-corrected chi connectivity index (χ2v) is 12.2. The molecule has 0 amide bonds. The molecular formula is C26H27F3N8O2S. The lowest BCUT2D eigenvalue weighted by Crippen LogP contribution is -2.35. The molecule has 1 aromatic carbocycles. The van der Waals surface area contributed by atoms with Gasteiger partial charge < -0.3 is 5.32 Å². The van der Waals surface area contributed by atoms with E-state index in [0.29, 0.717) is 32.0 Å². The molecule has 2 atom stereocenters. The number of nitrogens with zero attached hydrogens (tertiary/aromatic N) is 6. The van der Waals surface area contributed by atoms with E-state index in [-0.39, 0.29) is 35.3 Å². The third kappa shape index (κ3) is 5.27. The first kappa shape index (κ1) is 27.6. The van der Waals surface area contributed by atoms with Crippen molar-refractivity contribution in [2.75, 3.05) is 11.6 Å². The molecule has 210 valence electrons. The van der Waals surface area contributed by atoms with Gasteiger partial charge in [0.15, 0.2) is 17.3 Å². The highest BCUT2D eigenvalue weighted by atomic mass is 32.2. The Balaban J connectivity index is 1.64. The predicted octanol–water partition coefficient (Wildman–Crippen LogP) is 4.91. The van der Waals surface area contributed by atoms with Crippen LogP contribution in [0.2, 0.25) is 0 Å².